The third kappa shape index (κ3) is 5.08. The number of aryl methyl sites for hydroxylation is 1. The van der Waals surface area contributed by atoms with E-state index in [1.54, 1.807) is 30.3 Å². The van der Waals surface area contributed by atoms with E-state index in [0.29, 0.717) is 23.5 Å². The lowest BCUT2D eigenvalue weighted by Gasteiger charge is -2.12. The van der Waals surface area contributed by atoms with E-state index in [0.717, 1.165) is 5.56 Å². The Labute approximate surface area is 139 Å². The molecule has 0 unspecified atom stereocenters. The fourth-order valence-corrected chi connectivity index (χ4v) is 2.21. The smallest absolute Gasteiger partial charge is 0.224 e. The number of carbonyl (C=O) groups excluding carboxylic acids is 2. The lowest BCUT2D eigenvalue weighted by molar-refractivity contribution is -0.116. The molecule has 0 aliphatic heterocycles. The number of hydrogen-bond donors (Lipinski definition) is 2. The van der Waals surface area contributed by atoms with E-state index in [2.05, 4.69) is 10.6 Å². The first kappa shape index (κ1) is 17.5. The average Bonchev–Trinajstić information content (AvgIpc) is 2.54. The Kier molecular flexibility index (Phi) is 5.89. The van der Waals surface area contributed by atoms with Crippen molar-refractivity contribution in [2.75, 3.05) is 17.7 Å². The van der Waals surface area contributed by atoms with Gasteiger partial charge < -0.3 is 15.4 Å². The first-order chi connectivity index (χ1) is 11.5. The fraction of sp³-hybridized carbons (Fsp3) is 0.222. The second kappa shape index (κ2) is 8.10. The van der Waals surface area contributed by atoms with Crippen LogP contribution in [0.1, 0.15) is 18.9 Å². The summed E-state index contributed by atoms with van der Waals surface area (Å²) in [4.78, 5) is 23.3. The van der Waals surface area contributed by atoms with Crippen LogP contribution < -0.4 is 15.4 Å². The lowest BCUT2D eigenvalue weighted by atomic mass is 10.1. The Hall–Kier alpha value is -2.89. The molecule has 6 heteroatoms. The number of nitrogens with one attached hydrogen (secondary N) is 2. The van der Waals surface area contributed by atoms with Gasteiger partial charge in [-0.15, -0.1) is 0 Å². The first-order valence-electron chi connectivity index (χ1n) is 7.48. The van der Waals surface area contributed by atoms with Gasteiger partial charge in [-0.3, -0.25) is 9.59 Å². The van der Waals surface area contributed by atoms with Crippen LogP contribution in [-0.4, -0.2) is 18.9 Å². The minimum atomic E-state index is -0.299. The number of ether oxygens (including phenoxy) is 1. The predicted octanol–water partition coefficient (Wildman–Crippen LogP) is 3.36. The van der Waals surface area contributed by atoms with Crippen LogP contribution in [0.25, 0.3) is 0 Å². The Morgan fingerprint density at radius 1 is 1.08 bits per heavy atom. The summed E-state index contributed by atoms with van der Waals surface area (Å²) in [5.74, 6) is -0.187. The molecule has 0 fully saturated rings. The van der Waals surface area contributed by atoms with E-state index in [1.165, 1.54) is 26.2 Å². The molecule has 0 saturated carbocycles. The van der Waals surface area contributed by atoms with Crippen LogP contribution in [0.5, 0.6) is 5.75 Å². The van der Waals surface area contributed by atoms with Gasteiger partial charge in [0.1, 0.15) is 11.6 Å². The molecule has 2 aromatic rings. The molecule has 2 rings (SSSR count). The lowest BCUT2D eigenvalue weighted by Crippen LogP contribution is -2.13. The summed E-state index contributed by atoms with van der Waals surface area (Å²) in [6.07, 6.45) is 0.786. The molecule has 0 radical (unpaired) electrons. The molecule has 0 atom stereocenters. The van der Waals surface area contributed by atoms with Gasteiger partial charge >= 0.3 is 0 Å². The van der Waals surface area contributed by atoms with Crippen molar-refractivity contribution in [2.45, 2.75) is 19.8 Å². The highest BCUT2D eigenvalue weighted by molar-refractivity contribution is 5.94. The van der Waals surface area contributed by atoms with E-state index < -0.39 is 0 Å². The van der Waals surface area contributed by atoms with Gasteiger partial charge in [0.05, 0.1) is 12.8 Å². The molecule has 2 aromatic carbocycles. The van der Waals surface area contributed by atoms with Crippen molar-refractivity contribution in [3.05, 3.63) is 53.8 Å². The summed E-state index contributed by atoms with van der Waals surface area (Å²) < 4.78 is 18.0. The summed E-state index contributed by atoms with van der Waals surface area (Å²) in [6, 6.07) is 11.1. The number of hydrogen-bond acceptors (Lipinski definition) is 3. The van der Waals surface area contributed by atoms with Gasteiger partial charge in [-0.1, -0.05) is 12.1 Å². The highest BCUT2D eigenvalue weighted by Crippen LogP contribution is 2.27. The zero-order valence-corrected chi connectivity index (χ0v) is 13.6. The maximum Gasteiger partial charge on any atom is 0.224 e. The number of amides is 2. The fourth-order valence-electron chi connectivity index (χ4n) is 2.21. The summed E-state index contributed by atoms with van der Waals surface area (Å²) in [6.45, 7) is 1.40. The van der Waals surface area contributed by atoms with Crippen LogP contribution in [0, 0.1) is 5.82 Å². The first-order valence-corrected chi connectivity index (χ1v) is 7.48. The molecule has 0 bridgehead atoms. The molecule has 2 amide bonds. The van der Waals surface area contributed by atoms with Gasteiger partial charge in [0.15, 0.2) is 0 Å². The summed E-state index contributed by atoms with van der Waals surface area (Å²) in [5, 5.41) is 5.42. The molecule has 5 nitrogen and oxygen atoms in total. The van der Waals surface area contributed by atoms with Crippen LogP contribution in [0.2, 0.25) is 0 Å². The van der Waals surface area contributed by atoms with Crippen LogP contribution in [0.4, 0.5) is 15.8 Å². The van der Waals surface area contributed by atoms with E-state index in [-0.39, 0.29) is 24.1 Å². The van der Waals surface area contributed by atoms with Crippen LogP contribution in [0.3, 0.4) is 0 Å². The Morgan fingerprint density at radius 3 is 2.42 bits per heavy atom. The molecule has 0 heterocycles. The van der Waals surface area contributed by atoms with Crippen molar-refractivity contribution in [1.29, 1.82) is 0 Å². The highest BCUT2D eigenvalue weighted by Gasteiger charge is 2.08. The largest absolute Gasteiger partial charge is 0.495 e. The van der Waals surface area contributed by atoms with Gasteiger partial charge in [-0.2, -0.15) is 0 Å². The van der Waals surface area contributed by atoms with Crippen molar-refractivity contribution in [2.24, 2.45) is 0 Å². The minimum Gasteiger partial charge on any atom is -0.495 e. The van der Waals surface area contributed by atoms with Gasteiger partial charge in [-0.05, 0) is 42.3 Å². The molecule has 0 spiro atoms. The van der Waals surface area contributed by atoms with E-state index in [9.17, 15) is 14.0 Å². The molecule has 2 N–H and O–H groups in total. The van der Waals surface area contributed by atoms with Gasteiger partial charge in [0.25, 0.3) is 0 Å². The normalized spacial score (nSPS) is 10.1. The summed E-state index contributed by atoms with van der Waals surface area (Å²) in [7, 11) is 1.50. The zero-order valence-electron chi connectivity index (χ0n) is 13.6. The quantitative estimate of drug-likeness (QED) is 0.853. The van der Waals surface area contributed by atoms with Crippen LogP contribution in [-0.2, 0) is 16.0 Å². The molecule has 24 heavy (non-hydrogen) atoms. The van der Waals surface area contributed by atoms with Gasteiger partial charge in [-0.25, -0.2) is 4.39 Å². The zero-order chi connectivity index (χ0) is 17.5. The molecule has 0 saturated heterocycles. The summed E-state index contributed by atoms with van der Waals surface area (Å²) >= 11 is 0. The maximum absolute atomic E-state index is 12.8. The van der Waals surface area contributed by atoms with Crippen LogP contribution in [0.15, 0.2) is 42.5 Å². The molecule has 0 aliphatic rings. The minimum absolute atomic E-state index is 0.168. The van der Waals surface area contributed by atoms with Gasteiger partial charge in [0.2, 0.25) is 11.8 Å². The number of rotatable bonds is 6. The second-order valence-corrected chi connectivity index (χ2v) is 5.27. The molecule has 0 aromatic heterocycles. The number of halogens is 1. The Morgan fingerprint density at radius 2 is 1.79 bits per heavy atom. The van der Waals surface area contributed by atoms with Crippen molar-refractivity contribution in [1.82, 2.24) is 0 Å². The highest BCUT2D eigenvalue weighted by atomic mass is 19.1. The summed E-state index contributed by atoms with van der Waals surface area (Å²) in [5.41, 5.74) is 1.94. The third-order valence-electron chi connectivity index (χ3n) is 3.35. The van der Waals surface area contributed by atoms with Crippen LogP contribution >= 0.6 is 0 Å². The number of carbonyl (C=O) groups is 2. The maximum atomic E-state index is 12.8. The molecule has 0 aliphatic carbocycles. The monoisotopic (exact) mass is 330 g/mol. The number of anilines is 2. The van der Waals surface area contributed by atoms with Crippen molar-refractivity contribution >= 4 is 23.2 Å². The van der Waals surface area contributed by atoms with E-state index in [4.69, 9.17) is 4.74 Å². The van der Waals surface area contributed by atoms with Crippen molar-refractivity contribution in [3.8, 4) is 5.75 Å². The Bertz CT molecular complexity index is 730. The number of methoxy groups -OCH3 is 1. The standard InChI is InChI=1S/C18H19FN2O3/c1-12(22)20-16-11-15(8-9-17(16)24-2)21-18(23)10-5-13-3-6-14(19)7-4-13/h3-4,6-9,11H,5,10H2,1-2H3,(H,20,22)(H,21,23). The van der Waals surface area contributed by atoms with E-state index >= 15 is 0 Å². The molecular weight excluding hydrogens is 311 g/mol. The second-order valence-electron chi connectivity index (χ2n) is 5.27. The average molecular weight is 330 g/mol. The Balaban J connectivity index is 1.97. The van der Waals surface area contributed by atoms with Crippen molar-refractivity contribution < 1.29 is 18.7 Å². The van der Waals surface area contributed by atoms with Crippen molar-refractivity contribution in [3.63, 3.8) is 0 Å². The van der Waals surface area contributed by atoms with E-state index in [1.807, 2.05) is 0 Å². The number of benzene rings is 2. The SMILES string of the molecule is COc1ccc(NC(=O)CCc2ccc(F)cc2)cc1NC(C)=O. The molecular formula is C18H19FN2O3. The van der Waals surface area contributed by atoms with Gasteiger partial charge in [0, 0.05) is 19.0 Å². The third-order valence-corrected chi connectivity index (χ3v) is 3.35. The predicted molar refractivity (Wildman–Crippen MR) is 90.6 cm³/mol. The topological polar surface area (TPSA) is 67.4 Å². The molecule has 126 valence electrons.